The summed E-state index contributed by atoms with van der Waals surface area (Å²) >= 11 is 0. The maximum atomic E-state index is 12.1. The van der Waals surface area contributed by atoms with Crippen LogP contribution in [0, 0.1) is 0 Å². The lowest BCUT2D eigenvalue weighted by atomic mass is 10.1. The van der Waals surface area contributed by atoms with Crippen molar-refractivity contribution in [3.8, 4) is 5.75 Å². The minimum Gasteiger partial charge on any atom is -0.491 e. The molecule has 0 saturated carbocycles. The van der Waals surface area contributed by atoms with Crippen LogP contribution in [-0.4, -0.2) is 22.4 Å². The second-order valence-corrected chi connectivity index (χ2v) is 5.25. The van der Waals surface area contributed by atoms with E-state index in [1.165, 1.54) is 0 Å². The zero-order valence-corrected chi connectivity index (χ0v) is 12.0. The molecule has 21 heavy (non-hydrogen) atoms. The van der Waals surface area contributed by atoms with Gasteiger partial charge in [-0.25, -0.2) is 9.48 Å². The van der Waals surface area contributed by atoms with Crippen LogP contribution in [0.1, 0.15) is 31.5 Å². The molecule has 0 aliphatic carbocycles. The van der Waals surface area contributed by atoms with Gasteiger partial charge in [0.15, 0.2) is 0 Å². The quantitative estimate of drug-likeness (QED) is 0.911. The highest BCUT2D eigenvalue weighted by Gasteiger charge is 2.25. The maximum absolute atomic E-state index is 12.1. The van der Waals surface area contributed by atoms with Gasteiger partial charge in [0.25, 0.3) is 0 Å². The molecule has 110 valence electrons. The van der Waals surface area contributed by atoms with E-state index in [0.29, 0.717) is 12.4 Å². The summed E-state index contributed by atoms with van der Waals surface area (Å²) in [4.78, 5) is 12.1. The summed E-state index contributed by atoms with van der Waals surface area (Å²) < 4.78 is 7.31. The number of nitrogens with zero attached hydrogens (tertiary/aromatic N) is 2. The van der Waals surface area contributed by atoms with Gasteiger partial charge in [-0.2, -0.15) is 5.10 Å². The van der Waals surface area contributed by atoms with E-state index in [9.17, 15) is 4.79 Å². The summed E-state index contributed by atoms with van der Waals surface area (Å²) in [6, 6.07) is 9.30. The Morgan fingerprint density at radius 3 is 3.00 bits per heavy atom. The normalized spacial score (nSPS) is 16.4. The molecule has 1 aliphatic heterocycles. The molecular weight excluding hydrogens is 268 g/mol. The minimum absolute atomic E-state index is 0.128. The van der Waals surface area contributed by atoms with E-state index in [4.69, 9.17) is 4.74 Å². The third-order valence-electron chi connectivity index (χ3n) is 3.41. The summed E-state index contributed by atoms with van der Waals surface area (Å²) in [7, 11) is 0. The van der Waals surface area contributed by atoms with E-state index in [1.807, 2.05) is 38.1 Å². The largest absolute Gasteiger partial charge is 0.491 e. The van der Waals surface area contributed by atoms with Gasteiger partial charge in [0.1, 0.15) is 18.2 Å². The van der Waals surface area contributed by atoms with Crippen molar-refractivity contribution in [2.75, 3.05) is 11.9 Å². The maximum Gasteiger partial charge on any atom is 0.321 e. The van der Waals surface area contributed by atoms with Gasteiger partial charge >= 0.3 is 6.03 Å². The Kier molecular flexibility index (Phi) is 3.51. The number of aromatic nitrogens is 2. The fraction of sp³-hybridized carbons (Fsp3) is 0.333. The van der Waals surface area contributed by atoms with E-state index in [1.54, 1.807) is 16.9 Å². The van der Waals surface area contributed by atoms with Crippen molar-refractivity contribution in [2.24, 2.45) is 0 Å². The van der Waals surface area contributed by atoms with Gasteiger partial charge in [-0.15, -0.1) is 0 Å². The molecule has 2 amide bonds. The second-order valence-electron chi connectivity index (χ2n) is 5.25. The number of benzene rings is 1. The first-order valence-corrected chi connectivity index (χ1v) is 6.98. The monoisotopic (exact) mass is 286 g/mol. The van der Waals surface area contributed by atoms with E-state index < -0.39 is 0 Å². The average Bonchev–Trinajstić information content (AvgIpc) is 3.06. The van der Waals surface area contributed by atoms with Crippen molar-refractivity contribution in [3.63, 3.8) is 0 Å². The van der Waals surface area contributed by atoms with Gasteiger partial charge in [-0.05, 0) is 19.9 Å². The number of hydrogen-bond donors (Lipinski definition) is 2. The molecule has 0 bridgehead atoms. The van der Waals surface area contributed by atoms with Gasteiger partial charge in [0, 0.05) is 17.7 Å². The van der Waals surface area contributed by atoms with Crippen LogP contribution in [0.25, 0.3) is 0 Å². The Bertz CT molecular complexity index is 651. The van der Waals surface area contributed by atoms with Crippen LogP contribution in [0.15, 0.2) is 36.5 Å². The van der Waals surface area contributed by atoms with Crippen molar-refractivity contribution in [1.82, 2.24) is 15.1 Å². The van der Waals surface area contributed by atoms with Crippen molar-refractivity contribution >= 4 is 11.8 Å². The molecular formula is C15H18N4O2. The SMILES string of the molecule is CC(C)n1nccc1NC(=O)N[C@H]1COc2ccccc21. The molecule has 3 rings (SSSR count). The highest BCUT2D eigenvalue weighted by molar-refractivity contribution is 5.88. The lowest BCUT2D eigenvalue weighted by molar-refractivity contribution is 0.243. The Balaban J connectivity index is 1.67. The molecule has 0 spiro atoms. The molecule has 0 fully saturated rings. The van der Waals surface area contributed by atoms with Gasteiger partial charge < -0.3 is 10.1 Å². The van der Waals surface area contributed by atoms with E-state index in [2.05, 4.69) is 15.7 Å². The summed E-state index contributed by atoms with van der Waals surface area (Å²) in [5.74, 6) is 1.50. The number of rotatable bonds is 3. The highest BCUT2D eigenvalue weighted by atomic mass is 16.5. The van der Waals surface area contributed by atoms with Crippen molar-refractivity contribution in [1.29, 1.82) is 0 Å². The smallest absolute Gasteiger partial charge is 0.321 e. The number of hydrogen-bond acceptors (Lipinski definition) is 3. The number of nitrogens with one attached hydrogen (secondary N) is 2. The van der Waals surface area contributed by atoms with Crippen LogP contribution in [-0.2, 0) is 0 Å². The van der Waals surface area contributed by atoms with E-state index >= 15 is 0 Å². The van der Waals surface area contributed by atoms with Crippen LogP contribution in [0.5, 0.6) is 5.75 Å². The zero-order valence-electron chi connectivity index (χ0n) is 12.0. The lowest BCUT2D eigenvalue weighted by Gasteiger charge is -2.15. The molecule has 2 heterocycles. The number of amides is 2. The fourth-order valence-corrected chi connectivity index (χ4v) is 2.42. The van der Waals surface area contributed by atoms with E-state index in [0.717, 1.165) is 11.3 Å². The number of para-hydroxylation sites is 1. The Hall–Kier alpha value is -2.50. The molecule has 0 saturated heterocycles. The summed E-state index contributed by atoms with van der Waals surface area (Å²) in [6.07, 6.45) is 1.67. The number of fused-ring (bicyclic) bond motifs is 1. The second kappa shape index (κ2) is 5.47. The predicted octanol–water partition coefficient (Wildman–Crippen LogP) is 2.72. The van der Waals surface area contributed by atoms with Crippen LogP contribution in [0.4, 0.5) is 10.6 Å². The Morgan fingerprint density at radius 1 is 1.38 bits per heavy atom. The molecule has 2 N–H and O–H groups in total. The number of carbonyl (C=O) groups is 1. The number of ether oxygens (including phenoxy) is 1. The molecule has 1 aromatic heterocycles. The van der Waals surface area contributed by atoms with Crippen LogP contribution in [0.3, 0.4) is 0 Å². The standard InChI is InChI=1S/C15H18N4O2/c1-10(2)19-14(7-8-16-19)18-15(20)17-12-9-21-13-6-4-3-5-11(12)13/h3-8,10,12H,9H2,1-2H3,(H2,17,18,20)/t12-/m0/s1. The summed E-state index contributed by atoms with van der Waals surface area (Å²) in [5, 5.41) is 9.93. The summed E-state index contributed by atoms with van der Waals surface area (Å²) in [5.41, 5.74) is 1.00. The lowest BCUT2D eigenvalue weighted by Crippen LogP contribution is -2.34. The fourth-order valence-electron chi connectivity index (χ4n) is 2.42. The van der Waals surface area contributed by atoms with Crippen LogP contribution < -0.4 is 15.4 Å². The molecule has 1 atom stereocenters. The van der Waals surface area contributed by atoms with Crippen LogP contribution in [0.2, 0.25) is 0 Å². The average molecular weight is 286 g/mol. The van der Waals surface area contributed by atoms with Crippen molar-refractivity contribution < 1.29 is 9.53 Å². The van der Waals surface area contributed by atoms with E-state index in [-0.39, 0.29) is 18.1 Å². The topological polar surface area (TPSA) is 68.2 Å². The number of anilines is 1. The molecule has 0 unspecified atom stereocenters. The highest BCUT2D eigenvalue weighted by Crippen LogP contribution is 2.31. The van der Waals surface area contributed by atoms with Gasteiger partial charge in [-0.3, -0.25) is 5.32 Å². The van der Waals surface area contributed by atoms with Gasteiger partial charge in [0.05, 0.1) is 12.2 Å². The first kappa shape index (κ1) is 13.5. The first-order valence-electron chi connectivity index (χ1n) is 6.98. The first-order chi connectivity index (χ1) is 10.1. The minimum atomic E-state index is -0.261. The molecule has 1 aliphatic rings. The number of urea groups is 1. The van der Waals surface area contributed by atoms with Crippen LogP contribution >= 0.6 is 0 Å². The molecule has 2 aromatic rings. The number of carbonyl (C=O) groups excluding carboxylic acids is 1. The zero-order chi connectivity index (χ0) is 14.8. The van der Waals surface area contributed by atoms with Gasteiger partial charge in [0.2, 0.25) is 0 Å². The predicted molar refractivity (Wildman–Crippen MR) is 79.4 cm³/mol. The Morgan fingerprint density at radius 2 is 2.19 bits per heavy atom. The molecule has 1 aromatic carbocycles. The third-order valence-corrected chi connectivity index (χ3v) is 3.41. The van der Waals surface area contributed by atoms with Crippen molar-refractivity contribution in [3.05, 3.63) is 42.1 Å². The molecule has 0 radical (unpaired) electrons. The van der Waals surface area contributed by atoms with Crippen molar-refractivity contribution in [2.45, 2.75) is 25.9 Å². The Labute approximate surface area is 123 Å². The van der Waals surface area contributed by atoms with Gasteiger partial charge in [-0.1, -0.05) is 18.2 Å². The summed E-state index contributed by atoms with van der Waals surface area (Å²) in [6.45, 7) is 4.48. The third kappa shape index (κ3) is 2.69. The molecule has 6 nitrogen and oxygen atoms in total. The molecule has 6 heteroatoms.